The van der Waals surface area contributed by atoms with Crippen LogP contribution in [0.1, 0.15) is 37.3 Å². The number of hydrogen-bond acceptors (Lipinski definition) is 3. The first-order valence-electron chi connectivity index (χ1n) is 6.07. The number of rotatable bonds is 6. The fraction of sp³-hybridized carbons (Fsp3) is 0.500. The molecule has 4 nitrogen and oxygen atoms in total. The van der Waals surface area contributed by atoms with Gasteiger partial charge in [-0.15, -0.1) is 0 Å². The zero-order valence-electron chi connectivity index (χ0n) is 11.6. The van der Waals surface area contributed by atoms with Gasteiger partial charge in [-0.3, -0.25) is 4.79 Å². The number of carboxylic acids is 1. The highest BCUT2D eigenvalue weighted by Crippen LogP contribution is 2.41. The van der Waals surface area contributed by atoms with Crippen molar-refractivity contribution in [1.29, 1.82) is 0 Å². The van der Waals surface area contributed by atoms with Gasteiger partial charge in [0.25, 0.3) is 0 Å². The van der Waals surface area contributed by atoms with E-state index < -0.39 is 5.97 Å². The number of ether oxygens (including phenoxy) is 2. The van der Waals surface area contributed by atoms with Crippen molar-refractivity contribution < 1.29 is 19.4 Å². The summed E-state index contributed by atoms with van der Waals surface area (Å²) in [6.07, 6.45) is 0.315. The lowest BCUT2D eigenvalue weighted by Gasteiger charge is -2.19. The summed E-state index contributed by atoms with van der Waals surface area (Å²) in [5.41, 5.74) is 1.62. The lowest BCUT2D eigenvalue weighted by molar-refractivity contribution is -0.136. The molecule has 0 aromatic heterocycles. The van der Waals surface area contributed by atoms with E-state index in [-0.39, 0.29) is 12.3 Å². The van der Waals surface area contributed by atoms with Gasteiger partial charge in [0, 0.05) is 12.0 Å². The number of aliphatic carboxylic acids is 1. The summed E-state index contributed by atoms with van der Waals surface area (Å²) in [6, 6.07) is 1.84. The van der Waals surface area contributed by atoms with Crippen molar-refractivity contribution in [2.45, 2.75) is 32.6 Å². The molecule has 0 aliphatic heterocycles. The number of carboxylic acid groups (broad SMARTS) is 1. The van der Waals surface area contributed by atoms with Gasteiger partial charge in [-0.1, -0.05) is 25.4 Å². The molecule has 0 aliphatic carbocycles. The quantitative estimate of drug-likeness (QED) is 0.869. The van der Waals surface area contributed by atoms with Gasteiger partial charge in [0.15, 0.2) is 11.5 Å². The highest BCUT2D eigenvalue weighted by Gasteiger charge is 2.20. The first-order chi connectivity index (χ1) is 8.92. The Morgan fingerprint density at radius 1 is 1.37 bits per heavy atom. The molecule has 1 aromatic carbocycles. The predicted octanol–water partition coefficient (Wildman–Crippen LogP) is 3.50. The van der Waals surface area contributed by atoms with Crippen LogP contribution in [0.2, 0.25) is 5.02 Å². The molecule has 19 heavy (non-hydrogen) atoms. The molecular formula is C14H19ClO4. The molecular weight excluding hydrogens is 268 g/mol. The minimum Gasteiger partial charge on any atom is -0.493 e. The molecule has 0 heterocycles. The molecule has 1 N–H and O–H groups in total. The van der Waals surface area contributed by atoms with Crippen LogP contribution in [0.4, 0.5) is 0 Å². The number of carbonyl (C=O) groups is 1. The van der Waals surface area contributed by atoms with Gasteiger partial charge in [-0.25, -0.2) is 0 Å². The van der Waals surface area contributed by atoms with Crippen molar-refractivity contribution in [2.24, 2.45) is 0 Å². The third-order valence-electron chi connectivity index (χ3n) is 2.94. The van der Waals surface area contributed by atoms with E-state index in [4.69, 9.17) is 26.2 Å². The van der Waals surface area contributed by atoms with E-state index in [2.05, 4.69) is 0 Å². The fourth-order valence-corrected chi connectivity index (χ4v) is 2.40. The van der Waals surface area contributed by atoms with Crippen molar-refractivity contribution in [3.05, 3.63) is 22.2 Å². The maximum atomic E-state index is 10.7. The minimum absolute atomic E-state index is 0.000777. The normalized spacial score (nSPS) is 10.6. The Balaban J connectivity index is 3.36. The van der Waals surface area contributed by atoms with Crippen molar-refractivity contribution in [3.63, 3.8) is 0 Å². The number of methoxy groups -OCH3 is 2. The second-order valence-electron chi connectivity index (χ2n) is 4.54. The SMILES string of the molecule is COc1cc(C(C)C)c(Cl)c(CCC(=O)O)c1OC. The van der Waals surface area contributed by atoms with Crippen molar-refractivity contribution in [3.8, 4) is 11.5 Å². The highest BCUT2D eigenvalue weighted by atomic mass is 35.5. The Bertz CT molecular complexity index is 469. The van der Waals surface area contributed by atoms with Crippen LogP contribution in [0.25, 0.3) is 0 Å². The van der Waals surface area contributed by atoms with Crippen molar-refractivity contribution in [1.82, 2.24) is 0 Å². The van der Waals surface area contributed by atoms with Crippen LogP contribution in [0.3, 0.4) is 0 Å². The number of benzene rings is 1. The van der Waals surface area contributed by atoms with Gasteiger partial charge in [-0.2, -0.15) is 0 Å². The third-order valence-corrected chi connectivity index (χ3v) is 3.38. The molecule has 0 unspecified atom stereocenters. The maximum absolute atomic E-state index is 10.7. The maximum Gasteiger partial charge on any atom is 0.303 e. The summed E-state index contributed by atoms with van der Waals surface area (Å²) in [6.45, 7) is 4.04. The van der Waals surface area contributed by atoms with Gasteiger partial charge in [0.05, 0.1) is 19.2 Å². The molecule has 0 fully saturated rings. The van der Waals surface area contributed by atoms with E-state index in [0.717, 1.165) is 5.56 Å². The van der Waals surface area contributed by atoms with Crippen LogP contribution >= 0.6 is 11.6 Å². The molecule has 106 valence electrons. The van der Waals surface area contributed by atoms with E-state index in [0.29, 0.717) is 28.5 Å². The van der Waals surface area contributed by atoms with E-state index in [1.54, 1.807) is 7.11 Å². The first kappa shape index (κ1) is 15.6. The van der Waals surface area contributed by atoms with E-state index in [1.807, 2.05) is 19.9 Å². The Labute approximate surface area is 118 Å². The summed E-state index contributed by atoms with van der Waals surface area (Å²) in [5, 5.41) is 9.38. The van der Waals surface area contributed by atoms with Crippen LogP contribution in [0.15, 0.2) is 6.07 Å². The summed E-state index contributed by atoms with van der Waals surface area (Å²) < 4.78 is 10.6. The van der Waals surface area contributed by atoms with Crippen LogP contribution in [-0.4, -0.2) is 25.3 Å². The van der Waals surface area contributed by atoms with Crippen molar-refractivity contribution >= 4 is 17.6 Å². The van der Waals surface area contributed by atoms with E-state index in [1.165, 1.54) is 7.11 Å². The topological polar surface area (TPSA) is 55.8 Å². The van der Waals surface area contributed by atoms with Gasteiger partial charge in [0.2, 0.25) is 0 Å². The zero-order chi connectivity index (χ0) is 14.6. The number of hydrogen-bond donors (Lipinski definition) is 1. The predicted molar refractivity (Wildman–Crippen MR) is 74.6 cm³/mol. The van der Waals surface area contributed by atoms with Crippen LogP contribution in [0, 0.1) is 0 Å². The smallest absolute Gasteiger partial charge is 0.303 e. The first-order valence-corrected chi connectivity index (χ1v) is 6.45. The van der Waals surface area contributed by atoms with Crippen LogP contribution < -0.4 is 9.47 Å². The molecule has 0 spiro atoms. The Kier molecular flexibility index (Phi) is 5.48. The van der Waals surface area contributed by atoms with E-state index >= 15 is 0 Å². The Morgan fingerprint density at radius 2 is 2.00 bits per heavy atom. The van der Waals surface area contributed by atoms with Gasteiger partial charge in [-0.05, 0) is 24.0 Å². The van der Waals surface area contributed by atoms with E-state index in [9.17, 15) is 4.79 Å². The molecule has 0 bridgehead atoms. The van der Waals surface area contributed by atoms with Crippen LogP contribution in [-0.2, 0) is 11.2 Å². The monoisotopic (exact) mass is 286 g/mol. The lowest BCUT2D eigenvalue weighted by atomic mass is 9.97. The zero-order valence-corrected chi connectivity index (χ0v) is 12.4. The van der Waals surface area contributed by atoms with Gasteiger partial charge in [0.1, 0.15) is 0 Å². The molecule has 1 aromatic rings. The van der Waals surface area contributed by atoms with Crippen molar-refractivity contribution in [2.75, 3.05) is 14.2 Å². The second kappa shape index (κ2) is 6.66. The molecule has 0 atom stereocenters. The summed E-state index contributed by atoms with van der Waals surface area (Å²) in [4.78, 5) is 10.7. The standard InChI is InChI=1S/C14H19ClO4/c1-8(2)10-7-11(18-3)14(19-4)9(13(10)15)5-6-12(16)17/h7-8H,5-6H2,1-4H3,(H,16,17). The summed E-state index contributed by atoms with van der Waals surface area (Å²) in [7, 11) is 3.07. The third kappa shape index (κ3) is 3.53. The van der Waals surface area contributed by atoms with Gasteiger partial charge >= 0.3 is 5.97 Å². The Morgan fingerprint density at radius 3 is 2.42 bits per heavy atom. The highest BCUT2D eigenvalue weighted by molar-refractivity contribution is 6.32. The minimum atomic E-state index is -0.868. The van der Waals surface area contributed by atoms with Crippen LogP contribution in [0.5, 0.6) is 11.5 Å². The molecule has 0 saturated heterocycles. The molecule has 0 aliphatic rings. The molecule has 5 heteroatoms. The molecule has 0 saturated carbocycles. The number of halogens is 1. The lowest BCUT2D eigenvalue weighted by Crippen LogP contribution is -2.04. The summed E-state index contributed by atoms with van der Waals surface area (Å²) >= 11 is 6.37. The average Bonchev–Trinajstić information content (AvgIpc) is 2.35. The second-order valence-corrected chi connectivity index (χ2v) is 4.92. The molecule has 0 radical (unpaired) electrons. The average molecular weight is 287 g/mol. The largest absolute Gasteiger partial charge is 0.493 e. The molecule has 0 amide bonds. The van der Waals surface area contributed by atoms with Gasteiger partial charge < -0.3 is 14.6 Å². The Hall–Kier alpha value is -1.42. The molecule has 1 rings (SSSR count). The fourth-order valence-electron chi connectivity index (χ4n) is 1.94. The summed E-state index contributed by atoms with van der Waals surface area (Å²) in [5.74, 6) is 0.442.